The number of rotatable bonds is 5. The van der Waals surface area contributed by atoms with Gasteiger partial charge in [0.2, 0.25) is 5.89 Å². The lowest BCUT2D eigenvalue weighted by molar-refractivity contribution is -0.384. The average Bonchev–Trinajstić information content (AvgIpc) is 3.04. The van der Waals surface area contributed by atoms with Gasteiger partial charge in [0.25, 0.3) is 11.6 Å². The molecule has 0 fully saturated rings. The van der Waals surface area contributed by atoms with Gasteiger partial charge in [-0.3, -0.25) is 14.9 Å². The molecule has 0 aliphatic carbocycles. The van der Waals surface area contributed by atoms with Crippen molar-refractivity contribution in [2.75, 3.05) is 0 Å². The Kier molecular flexibility index (Phi) is 5.05. The Labute approximate surface area is 148 Å². The predicted molar refractivity (Wildman–Crippen MR) is 88.9 cm³/mol. The summed E-state index contributed by atoms with van der Waals surface area (Å²) in [5.41, 5.74) is -1.33. The monoisotopic (exact) mass is 362 g/mol. The van der Waals surface area contributed by atoms with Crippen molar-refractivity contribution in [2.24, 2.45) is 0 Å². The first kappa shape index (κ1) is 19.0. The average molecular weight is 362 g/mol. The fourth-order valence-corrected chi connectivity index (χ4v) is 2.03. The smallest absolute Gasteiger partial charge is 0.335 e. The maximum Gasteiger partial charge on any atom is 0.335 e. The minimum absolute atomic E-state index is 0.154. The molecule has 0 bridgehead atoms. The minimum Gasteiger partial charge on any atom is -0.478 e. The van der Waals surface area contributed by atoms with Gasteiger partial charge in [-0.25, -0.2) is 4.79 Å². The van der Waals surface area contributed by atoms with Crippen LogP contribution in [0.2, 0.25) is 0 Å². The number of benzene rings is 1. The number of carbonyl (C=O) groups is 2. The summed E-state index contributed by atoms with van der Waals surface area (Å²) in [6.07, 6.45) is 0. The van der Waals surface area contributed by atoms with Crippen LogP contribution in [0.25, 0.3) is 0 Å². The first-order valence-corrected chi connectivity index (χ1v) is 7.66. The number of carboxylic acids is 1. The summed E-state index contributed by atoms with van der Waals surface area (Å²) in [4.78, 5) is 37.9. The summed E-state index contributed by atoms with van der Waals surface area (Å²) in [5, 5.41) is 26.4. The highest BCUT2D eigenvalue weighted by Gasteiger charge is 2.25. The van der Waals surface area contributed by atoms with Crippen molar-refractivity contribution in [3.8, 4) is 0 Å². The fraction of sp³-hybridized carbons (Fsp3) is 0.375. The number of nitro groups is 1. The Balaban J connectivity index is 2.25. The molecule has 26 heavy (non-hydrogen) atoms. The molecule has 10 nitrogen and oxygen atoms in total. The van der Waals surface area contributed by atoms with Crippen molar-refractivity contribution < 1.29 is 24.1 Å². The van der Waals surface area contributed by atoms with Crippen molar-refractivity contribution in [1.82, 2.24) is 15.5 Å². The molecule has 0 aliphatic rings. The third-order valence-electron chi connectivity index (χ3n) is 3.47. The molecular formula is C16H18N4O6. The molecule has 0 saturated carbocycles. The van der Waals surface area contributed by atoms with Gasteiger partial charge in [0.15, 0.2) is 5.82 Å². The molecule has 0 aliphatic heterocycles. The number of nitrogens with zero attached hydrogens (tertiary/aromatic N) is 3. The maximum atomic E-state index is 12.4. The van der Waals surface area contributed by atoms with Crippen LogP contribution in [0.4, 0.5) is 5.69 Å². The van der Waals surface area contributed by atoms with E-state index in [0.717, 1.165) is 18.2 Å². The Hall–Kier alpha value is -3.30. The number of amides is 1. The van der Waals surface area contributed by atoms with Gasteiger partial charge in [0.1, 0.15) is 6.04 Å². The maximum absolute atomic E-state index is 12.4. The van der Waals surface area contributed by atoms with Crippen LogP contribution < -0.4 is 5.32 Å². The summed E-state index contributed by atoms with van der Waals surface area (Å²) in [7, 11) is 0. The number of carbonyl (C=O) groups excluding carboxylic acids is 1. The number of nitro benzene ring substituents is 1. The van der Waals surface area contributed by atoms with E-state index in [-0.39, 0.29) is 22.4 Å². The Bertz CT molecular complexity index is 836. The summed E-state index contributed by atoms with van der Waals surface area (Å²) >= 11 is 0. The summed E-state index contributed by atoms with van der Waals surface area (Å²) in [5.74, 6) is -1.42. The van der Waals surface area contributed by atoms with Crippen molar-refractivity contribution in [1.29, 1.82) is 0 Å². The van der Waals surface area contributed by atoms with Gasteiger partial charge in [-0.05, 0) is 13.0 Å². The van der Waals surface area contributed by atoms with Crippen LogP contribution in [-0.2, 0) is 5.41 Å². The normalized spacial score (nSPS) is 12.5. The van der Waals surface area contributed by atoms with E-state index in [9.17, 15) is 19.7 Å². The number of aromatic carboxylic acids is 1. The van der Waals surface area contributed by atoms with Crippen LogP contribution in [0.3, 0.4) is 0 Å². The van der Waals surface area contributed by atoms with E-state index in [1.807, 2.05) is 20.8 Å². The molecule has 1 amide bonds. The number of non-ortho nitro benzene ring substituents is 1. The lowest BCUT2D eigenvalue weighted by Gasteiger charge is -2.12. The van der Waals surface area contributed by atoms with E-state index < -0.39 is 28.5 Å². The molecule has 0 radical (unpaired) electrons. The molecule has 2 rings (SSSR count). The quantitative estimate of drug-likeness (QED) is 0.608. The molecule has 1 atom stereocenters. The van der Waals surface area contributed by atoms with Gasteiger partial charge in [-0.1, -0.05) is 25.9 Å². The number of hydrogen-bond donors (Lipinski definition) is 2. The first-order valence-electron chi connectivity index (χ1n) is 7.66. The first-order chi connectivity index (χ1) is 12.0. The number of aromatic nitrogens is 2. The Morgan fingerprint density at radius 3 is 2.38 bits per heavy atom. The second-order valence-electron chi connectivity index (χ2n) is 6.73. The van der Waals surface area contributed by atoms with Crippen molar-refractivity contribution in [2.45, 2.75) is 39.2 Å². The molecule has 10 heteroatoms. The number of nitrogens with one attached hydrogen (secondary N) is 1. The van der Waals surface area contributed by atoms with E-state index in [0.29, 0.717) is 5.82 Å². The SMILES string of the molecule is CC(NC(=O)c1cc(C(=O)O)cc([N+](=O)[O-])c1)c1nc(C(C)(C)C)no1. The van der Waals surface area contributed by atoms with Gasteiger partial charge in [-0.15, -0.1) is 0 Å². The predicted octanol–water partition coefficient (Wildman–Crippen LogP) is 2.46. The van der Waals surface area contributed by atoms with E-state index in [1.165, 1.54) is 0 Å². The molecule has 138 valence electrons. The topological polar surface area (TPSA) is 148 Å². The molecular weight excluding hydrogens is 344 g/mol. The fourth-order valence-electron chi connectivity index (χ4n) is 2.03. The number of carboxylic acid groups (broad SMARTS) is 1. The van der Waals surface area contributed by atoms with Gasteiger partial charge < -0.3 is 14.9 Å². The highest BCUT2D eigenvalue weighted by Crippen LogP contribution is 2.22. The number of hydrogen-bond acceptors (Lipinski definition) is 7. The van der Waals surface area contributed by atoms with E-state index >= 15 is 0 Å². The third-order valence-corrected chi connectivity index (χ3v) is 3.47. The molecule has 2 N–H and O–H groups in total. The van der Waals surface area contributed by atoms with Crippen LogP contribution in [0, 0.1) is 10.1 Å². The Morgan fingerprint density at radius 2 is 1.88 bits per heavy atom. The Morgan fingerprint density at radius 1 is 1.27 bits per heavy atom. The highest BCUT2D eigenvalue weighted by atomic mass is 16.6. The second-order valence-corrected chi connectivity index (χ2v) is 6.73. The zero-order chi connectivity index (χ0) is 19.6. The van der Waals surface area contributed by atoms with Gasteiger partial charge in [-0.2, -0.15) is 4.98 Å². The summed E-state index contributed by atoms with van der Waals surface area (Å²) in [6.45, 7) is 7.32. The van der Waals surface area contributed by atoms with Crippen LogP contribution in [-0.4, -0.2) is 32.0 Å². The molecule has 0 spiro atoms. The van der Waals surface area contributed by atoms with E-state index in [1.54, 1.807) is 6.92 Å². The van der Waals surface area contributed by atoms with E-state index in [4.69, 9.17) is 9.63 Å². The molecule has 1 unspecified atom stereocenters. The van der Waals surface area contributed by atoms with Crippen LogP contribution in [0.1, 0.15) is 66.2 Å². The summed E-state index contributed by atoms with van der Waals surface area (Å²) < 4.78 is 5.14. The van der Waals surface area contributed by atoms with Crippen molar-refractivity contribution >= 4 is 17.6 Å². The van der Waals surface area contributed by atoms with E-state index in [2.05, 4.69) is 15.5 Å². The lowest BCUT2D eigenvalue weighted by atomic mass is 9.96. The zero-order valence-electron chi connectivity index (χ0n) is 14.6. The van der Waals surface area contributed by atoms with Crippen LogP contribution >= 0.6 is 0 Å². The lowest BCUT2D eigenvalue weighted by Crippen LogP contribution is -2.27. The minimum atomic E-state index is -1.37. The summed E-state index contributed by atoms with van der Waals surface area (Å²) in [6, 6.07) is 2.28. The van der Waals surface area contributed by atoms with Gasteiger partial charge in [0.05, 0.1) is 10.5 Å². The largest absolute Gasteiger partial charge is 0.478 e. The van der Waals surface area contributed by atoms with Gasteiger partial charge in [0, 0.05) is 23.1 Å². The highest BCUT2D eigenvalue weighted by molar-refractivity contribution is 5.98. The van der Waals surface area contributed by atoms with Gasteiger partial charge >= 0.3 is 5.97 Å². The molecule has 2 aromatic rings. The van der Waals surface area contributed by atoms with Crippen molar-refractivity contribution in [3.05, 3.63) is 51.2 Å². The molecule has 1 aromatic carbocycles. The standard InChI is InChI=1S/C16H18N4O6/c1-8(13-18-15(19-26-13)16(2,3)4)17-12(21)9-5-10(14(22)23)7-11(6-9)20(24)25/h5-8H,1-4H3,(H,17,21)(H,22,23). The van der Waals surface area contributed by atoms with Crippen LogP contribution in [0.15, 0.2) is 22.7 Å². The molecule has 1 heterocycles. The zero-order valence-corrected chi connectivity index (χ0v) is 14.6. The third kappa shape index (κ3) is 4.21. The second kappa shape index (κ2) is 6.90. The van der Waals surface area contributed by atoms with Crippen molar-refractivity contribution in [3.63, 3.8) is 0 Å². The van der Waals surface area contributed by atoms with Crippen LogP contribution in [0.5, 0.6) is 0 Å². The molecule has 1 aromatic heterocycles. The molecule has 0 saturated heterocycles.